The Balaban J connectivity index is 1.84. The van der Waals surface area contributed by atoms with E-state index < -0.39 is 24.1 Å². The highest BCUT2D eigenvalue weighted by atomic mass is 19.4. The SMILES string of the molecule is O=C(O)NC(=O)Oc1nccc2ccc(-n3nc(C(F)(F)F)cc3-c3ccco3)cc12. The van der Waals surface area contributed by atoms with Crippen LogP contribution in [0.2, 0.25) is 0 Å². The number of benzene rings is 1. The highest BCUT2D eigenvalue weighted by Crippen LogP contribution is 2.34. The predicted octanol–water partition coefficient (Wildman–Crippen LogP) is 4.47. The molecule has 158 valence electrons. The molecule has 12 heteroatoms. The molecule has 4 aromatic rings. The van der Waals surface area contributed by atoms with E-state index in [4.69, 9.17) is 14.3 Å². The van der Waals surface area contributed by atoms with Crippen LogP contribution in [0.3, 0.4) is 0 Å². The number of hydrogen-bond acceptors (Lipinski definition) is 6. The first kappa shape index (κ1) is 19.9. The lowest BCUT2D eigenvalue weighted by Gasteiger charge is -2.10. The molecule has 0 unspecified atom stereocenters. The first-order chi connectivity index (χ1) is 14.7. The van der Waals surface area contributed by atoms with Gasteiger partial charge in [-0.1, -0.05) is 6.07 Å². The lowest BCUT2D eigenvalue weighted by atomic mass is 10.1. The molecule has 0 fully saturated rings. The van der Waals surface area contributed by atoms with E-state index in [2.05, 4.69) is 10.1 Å². The second-order valence-corrected chi connectivity index (χ2v) is 6.14. The summed E-state index contributed by atoms with van der Waals surface area (Å²) in [6.07, 6.45) is -4.95. The first-order valence-corrected chi connectivity index (χ1v) is 8.54. The van der Waals surface area contributed by atoms with Crippen molar-refractivity contribution in [2.45, 2.75) is 6.18 Å². The molecule has 0 saturated carbocycles. The summed E-state index contributed by atoms with van der Waals surface area (Å²) in [6.45, 7) is 0. The Morgan fingerprint density at radius 2 is 1.97 bits per heavy atom. The van der Waals surface area contributed by atoms with Crippen molar-refractivity contribution >= 4 is 23.0 Å². The molecule has 3 heterocycles. The number of rotatable bonds is 3. The number of hydrogen-bond donors (Lipinski definition) is 2. The zero-order valence-electron chi connectivity index (χ0n) is 15.3. The minimum Gasteiger partial charge on any atom is -0.465 e. The molecule has 2 N–H and O–H groups in total. The van der Waals surface area contributed by atoms with Crippen LogP contribution in [0, 0.1) is 0 Å². The fourth-order valence-electron chi connectivity index (χ4n) is 2.86. The number of furan rings is 1. The molecular weight excluding hydrogens is 421 g/mol. The number of pyridine rings is 1. The van der Waals surface area contributed by atoms with Gasteiger partial charge in [0.25, 0.3) is 0 Å². The van der Waals surface area contributed by atoms with E-state index in [9.17, 15) is 22.8 Å². The molecule has 0 aliphatic heterocycles. The fourth-order valence-corrected chi connectivity index (χ4v) is 2.86. The number of nitrogens with zero attached hydrogens (tertiary/aromatic N) is 3. The van der Waals surface area contributed by atoms with Crippen molar-refractivity contribution < 1.29 is 37.0 Å². The van der Waals surface area contributed by atoms with Crippen molar-refractivity contribution in [1.82, 2.24) is 20.1 Å². The number of carboxylic acid groups (broad SMARTS) is 1. The van der Waals surface area contributed by atoms with Gasteiger partial charge in [-0.25, -0.2) is 24.6 Å². The molecule has 0 atom stereocenters. The Morgan fingerprint density at radius 3 is 2.65 bits per heavy atom. The number of halogens is 3. The number of amides is 2. The van der Waals surface area contributed by atoms with Gasteiger partial charge in [0.05, 0.1) is 12.0 Å². The summed E-state index contributed by atoms with van der Waals surface area (Å²) in [7, 11) is 0. The average molecular weight is 432 g/mol. The standard InChI is InChI=1S/C19H11F3N4O5/c20-19(21,22)15-9-13(14-2-1-7-30-14)26(25-15)11-4-3-10-5-6-23-16(12(10)8-11)31-18(29)24-17(27)28/h1-9H,(H,24,29)(H,27,28). The number of carbonyl (C=O) groups excluding carboxylic acids is 1. The van der Waals surface area contributed by atoms with Gasteiger partial charge in [0, 0.05) is 17.6 Å². The third kappa shape index (κ3) is 4.03. The van der Waals surface area contributed by atoms with E-state index in [0.29, 0.717) is 5.39 Å². The Morgan fingerprint density at radius 1 is 1.16 bits per heavy atom. The Bertz CT molecular complexity index is 1280. The van der Waals surface area contributed by atoms with E-state index >= 15 is 0 Å². The van der Waals surface area contributed by atoms with Crippen LogP contribution in [-0.2, 0) is 6.18 Å². The van der Waals surface area contributed by atoms with Crippen molar-refractivity contribution in [2.24, 2.45) is 0 Å². The molecule has 4 rings (SSSR count). The maximum Gasteiger partial charge on any atom is 0.435 e. The molecule has 0 aliphatic carbocycles. The van der Waals surface area contributed by atoms with Gasteiger partial charge in [-0.2, -0.15) is 18.3 Å². The van der Waals surface area contributed by atoms with Gasteiger partial charge in [0.1, 0.15) is 5.69 Å². The van der Waals surface area contributed by atoms with Crippen LogP contribution in [-0.4, -0.2) is 32.1 Å². The predicted molar refractivity (Wildman–Crippen MR) is 98.8 cm³/mol. The molecular formula is C19H11F3N4O5. The number of nitrogens with one attached hydrogen (secondary N) is 1. The van der Waals surface area contributed by atoms with E-state index in [-0.39, 0.29) is 28.4 Å². The maximum atomic E-state index is 13.3. The zero-order valence-corrected chi connectivity index (χ0v) is 15.3. The fraction of sp³-hybridized carbons (Fsp3) is 0.0526. The number of alkyl halides is 3. The highest BCUT2D eigenvalue weighted by Gasteiger charge is 2.35. The second kappa shape index (κ2) is 7.48. The van der Waals surface area contributed by atoms with Crippen LogP contribution in [0.15, 0.2) is 59.3 Å². The van der Waals surface area contributed by atoms with E-state index in [1.54, 1.807) is 12.1 Å². The van der Waals surface area contributed by atoms with Gasteiger partial charge in [0.15, 0.2) is 11.5 Å². The average Bonchev–Trinajstić information content (AvgIpc) is 3.36. The molecule has 0 bridgehead atoms. The summed E-state index contributed by atoms with van der Waals surface area (Å²) in [6, 6.07) is 9.94. The Labute approximate surface area is 170 Å². The van der Waals surface area contributed by atoms with Gasteiger partial charge in [-0.05, 0) is 35.7 Å². The molecule has 1 aromatic carbocycles. The number of aromatic nitrogens is 3. The number of imide groups is 1. The molecule has 0 saturated heterocycles. The Hall–Kier alpha value is -4.35. The summed E-state index contributed by atoms with van der Waals surface area (Å²) < 4.78 is 51.0. The molecule has 9 nitrogen and oxygen atoms in total. The van der Waals surface area contributed by atoms with Crippen LogP contribution in [0.5, 0.6) is 5.88 Å². The zero-order chi connectivity index (χ0) is 22.2. The first-order valence-electron chi connectivity index (χ1n) is 8.54. The molecule has 2 amide bonds. The van der Waals surface area contributed by atoms with Gasteiger partial charge < -0.3 is 14.3 Å². The maximum absolute atomic E-state index is 13.3. The van der Waals surface area contributed by atoms with Gasteiger partial charge in [-0.15, -0.1) is 0 Å². The van der Waals surface area contributed by atoms with Crippen molar-refractivity contribution in [3.8, 4) is 23.0 Å². The lowest BCUT2D eigenvalue weighted by Crippen LogP contribution is -2.31. The smallest absolute Gasteiger partial charge is 0.435 e. The molecule has 3 aromatic heterocycles. The summed E-state index contributed by atoms with van der Waals surface area (Å²) in [5.41, 5.74) is -0.875. The third-order valence-corrected chi connectivity index (χ3v) is 4.13. The van der Waals surface area contributed by atoms with Crippen molar-refractivity contribution in [2.75, 3.05) is 0 Å². The molecule has 0 radical (unpaired) electrons. The minimum absolute atomic E-state index is 0.0478. The quantitative estimate of drug-likeness (QED) is 0.490. The van der Waals surface area contributed by atoms with Gasteiger partial charge in [0.2, 0.25) is 5.88 Å². The van der Waals surface area contributed by atoms with E-state index in [1.165, 1.54) is 42.0 Å². The van der Waals surface area contributed by atoms with Crippen LogP contribution in [0.4, 0.5) is 22.8 Å². The Kier molecular flexibility index (Phi) is 4.81. The highest BCUT2D eigenvalue weighted by molar-refractivity contribution is 5.92. The third-order valence-electron chi connectivity index (χ3n) is 4.13. The number of fused-ring (bicyclic) bond motifs is 1. The van der Waals surface area contributed by atoms with Crippen LogP contribution in [0.25, 0.3) is 27.9 Å². The monoisotopic (exact) mass is 432 g/mol. The van der Waals surface area contributed by atoms with Crippen molar-refractivity contribution in [3.63, 3.8) is 0 Å². The molecule has 0 spiro atoms. The van der Waals surface area contributed by atoms with Gasteiger partial charge >= 0.3 is 18.4 Å². The molecule has 31 heavy (non-hydrogen) atoms. The van der Waals surface area contributed by atoms with Crippen LogP contribution in [0.1, 0.15) is 5.69 Å². The summed E-state index contributed by atoms with van der Waals surface area (Å²) in [4.78, 5) is 26.1. The second-order valence-electron chi connectivity index (χ2n) is 6.14. The van der Waals surface area contributed by atoms with Crippen LogP contribution < -0.4 is 10.1 Å². The number of carbonyl (C=O) groups is 2. The van der Waals surface area contributed by atoms with E-state index in [0.717, 1.165) is 10.7 Å². The summed E-state index contributed by atoms with van der Waals surface area (Å²) >= 11 is 0. The molecule has 0 aliphatic rings. The number of ether oxygens (including phenoxy) is 1. The largest absolute Gasteiger partial charge is 0.465 e. The van der Waals surface area contributed by atoms with Crippen molar-refractivity contribution in [1.29, 1.82) is 0 Å². The summed E-state index contributed by atoms with van der Waals surface area (Å²) in [5.74, 6) is -0.0764. The lowest BCUT2D eigenvalue weighted by molar-refractivity contribution is -0.141. The van der Waals surface area contributed by atoms with Gasteiger partial charge in [-0.3, -0.25) is 0 Å². The summed E-state index contributed by atoms with van der Waals surface area (Å²) in [5, 5.41) is 14.6. The van der Waals surface area contributed by atoms with Crippen LogP contribution >= 0.6 is 0 Å². The van der Waals surface area contributed by atoms with Crippen molar-refractivity contribution in [3.05, 3.63) is 60.6 Å². The minimum atomic E-state index is -4.69. The topological polar surface area (TPSA) is 119 Å². The van der Waals surface area contributed by atoms with E-state index in [1.807, 2.05) is 0 Å². The normalized spacial score (nSPS) is 11.5.